The highest BCUT2D eigenvalue weighted by atomic mass is 19.4. The number of hydrogen-bond donors (Lipinski definition) is 1. The second-order valence-electron chi connectivity index (χ2n) is 5.13. The molecule has 1 unspecified atom stereocenters. The van der Waals surface area contributed by atoms with Gasteiger partial charge in [0.25, 0.3) is 0 Å². The molecule has 1 aliphatic heterocycles. The molecule has 1 aromatic carbocycles. The third-order valence-electron chi connectivity index (χ3n) is 3.49. The van der Waals surface area contributed by atoms with Gasteiger partial charge in [0, 0.05) is 31.7 Å². The molecule has 1 atom stereocenters. The first-order valence-corrected chi connectivity index (χ1v) is 6.47. The van der Waals surface area contributed by atoms with Gasteiger partial charge >= 0.3 is 6.18 Å². The molecule has 110 valence electrons. The van der Waals surface area contributed by atoms with Gasteiger partial charge in [0.1, 0.15) is 0 Å². The first kappa shape index (κ1) is 14.7. The van der Waals surface area contributed by atoms with Crippen LogP contribution in [0.25, 0.3) is 0 Å². The average molecular weight is 286 g/mol. The van der Waals surface area contributed by atoms with Gasteiger partial charge in [-0.15, -0.1) is 0 Å². The number of amides is 1. The molecule has 2 rings (SSSR count). The minimum Gasteiger partial charge on any atom is -0.369 e. The van der Waals surface area contributed by atoms with Crippen molar-refractivity contribution in [2.24, 2.45) is 0 Å². The first-order chi connectivity index (χ1) is 9.27. The van der Waals surface area contributed by atoms with Crippen molar-refractivity contribution in [3.63, 3.8) is 0 Å². The summed E-state index contributed by atoms with van der Waals surface area (Å²) in [6.45, 7) is 4.08. The SMILES string of the molecule is CC(=O)NC1CCN(c2ccc(C)c(C(F)(F)F)c2)C1. The smallest absolute Gasteiger partial charge is 0.369 e. The van der Waals surface area contributed by atoms with Crippen molar-refractivity contribution in [1.29, 1.82) is 0 Å². The Bertz CT molecular complexity index is 514. The number of hydrogen-bond acceptors (Lipinski definition) is 2. The van der Waals surface area contributed by atoms with Crippen molar-refractivity contribution in [3.8, 4) is 0 Å². The number of nitrogens with one attached hydrogen (secondary N) is 1. The van der Waals surface area contributed by atoms with E-state index < -0.39 is 11.7 Å². The van der Waals surface area contributed by atoms with Crippen molar-refractivity contribution in [2.45, 2.75) is 32.5 Å². The molecule has 1 heterocycles. The standard InChI is InChI=1S/C14H17F3N2O/c1-9-3-4-12(7-13(9)14(15,16)17)19-6-5-11(8-19)18-10(2)20/h3-4,7,11H,5-6,8H2,1-2H3,(H,18,20). The summed E-state index contributed by atoms with van der Waals surface area (Å²) in [7, 11) is 0. The fourth-order valence-corrected chi connectivity index (χ4v) is 2.51. The summed E-state index contributed by atoms with van der Waals surface area (Å²) in [4.78, 5) is 12.9. The van der Waals surface area contributed by atoms with E-state index >= 15 is 0 Å². The molecule has 0 spiro atoms. The van der Waals surface area contributed by atoms with E-state index in [1.807, 2.05) is 4.90 Å². The van der Waals surface area contributed by atoms with Crippen LogP contribution in [-0.4, -0.2) is 25.0 Å². The summed E-state index contributed by atoms with van der Waals surface area (Å²) in [5.74, 6) is -0.114. The summed E-state index contributed by atoms with van der Waals surface area (Å²) >= 11 is 0. The maximum Gasteiger partial charge on any atom is 0.416 e. The minimum atomic E-state index is -4.34. The summed E-state index contributed by atoms with van der Waals surface area (Å²) < 4.78 is 38.7. The summed E-state index contributed by atoms with van der Waals surface area (Å²) in [6, 6.07) is 4.37. The molecule has 1 aliphatic rings. The van der Waals surface area contributed by atoms with Crippen LogP contribution in [0.4, 0.5) is 18.9 Å². The number of nitrogens with zero attached hydrogens (tertiary/aromatic N) is 1. The molecule has 1 fully saturated rings. The fraction of sp³-hybridized carbons (Fsp3) is 0.500. The third-order valence-corrected chi connectivity index (χ3v) is 3.49. The molecule has 6 heteroatoms. The number of carbonyl (C=O) groups is 1. The Labute approximate surface area is 115 Å². The van der Waals surface area contributed by atoms with Crippen molar-refractivity contribution < 1.29 is 18.0 Å². The molecule has 20 heavy (non-hydrogen) atoms. The van der Waals surface area contributed by atoms with Gasteiger partial charge in [0.05, 0.1) is 5.56 Å². The largest absolute Gasteiger partial charge is 0.416 e. The highest BCUT2D eigenvalue weighted by molar-refractivity contribution is 5.73. The van der Waals surface area contributed by atoms with Gasteiger partial charge in [-0.05, 0) is 31.0 Å². The lowest BCUT2D eigenvalue weighted by Crippen LogP contribution is -2.35. The number of benzene rings is 1. The first-order valence-electron chi connectivity index (χ1n) is 6.47. The Morgan fingerprint density at radius 3 is 2.70 bits per heavy atom. The van der Waals surface area contributed by atoms with Crippen LogP contribution in [0.1, 0.15) is 24.5 Å². The van der Waals surface area contributed by atoms with Gasteiger partial charge in [-0.1, -0.05) is 6.07 Å². The van der Waals surface area contributed by atoms with Crippen LogP contribution in [0.15, 0.2) is 18.2 Å². The summed E-state index contributed by atoms with van der Waals surface area (Å²) in [5.41, 5.74) is 0.174. The molecule has 0 bridgehead atoms. The Hall–Kier alpha value is -1.72. The van der Waals surface area contributed by atoms with Crippen molar-refractivity contribution in [1.82, 2.24) is 5.32 Å². The number of anilines is 1. The second kappa shape index (κ2) is 5.34. The molecule has 1 saturated heterocycles. The highest BCUT2D eigenvalue weighted by Gasteiger charge is 2.33. The van der Waals surface area contributed by atoms with Gasteiger partial charge in [0.15, 0.2) is 0 Å². The van der Waals surface area contributed by atoms with Crippen molar-refractivity contribution in [3.05, 3.63) is 29.3 Å². The number of aryl methyl sites for hydroxylation is 1. The molecule has 0 radical (unpaired) electrons. The van der Waals surface area contributed by atoms with Crippen LogP contribution < -0.4 is 10.2 Å². The van der Waals surface area contributed by atoms with Gasteiger partial charge in [-0.2, -0.15) is 13.2 Å². The topological polar surface area (TPSA) is 32.3 Å². The van der Waals surface area contributed by atoms with E-state index in [-0.39, 0.29) is 17.5 Å². The zero-order valence-electron chi connectivity index (χ0n) is 11.4. The number of halogens is 3. The molecule has 0 aromatic heterocycles. The number of carbonyl (C=O) groups excluding carboxylic acids is 1. The zero-order chi connectivity index (χ0) is 14.9. The Morgan fingerprint density at radius 1 is 1.40 bits per heavy atom. The van der Waals surface area contributed by atoms with Gasteiger partial charge in [-0.25, -0.2) is 0 Å². The molecule has 0 saturated carbocycles. The molecule has 1 aromatic rings. The average Bonchev–Trinajstić information content (AvgIpc) is 2.75. The predicted molar refractivity (Wildman–Crippen MR) is 70.6 cm³/mol. The predicted octanol–water partition coefficient (Wildman–Crippen LogP) is 2.73. The summed E-state index contributed by atoms with van der Waals surface area (Å²) in [6.07, 6.45) is -3.59. The minimum absolute atomic E-state index is 0.00291. The molecule has 0 aliphatic carbocycles. The molecule has 1 amide bonds. The van der Waals surface area contributed by atoms with Crippen LogP contribution in [0.2, 0.25) is 0 Å². The Kier molecular flexibility index (Phi) is 3.92. The maximum absolute atomic E-state index is 12.9. The van der Waals surface area contributed by atoms with Crippen LogP contribution >= 0.6 is 0 Å². The van der Waals surface area contributed by atoms with Crippen molar-refractivity contribution in [2.75, 3.05) is 18.0 Å². The lowest BCUT2D eigenvalue weighted by atomic mass is 10.1. The molecule has 3 nitrogen and oxygen atoms in total. The zero-order valence-corrected chi connectivity index (χ0v) is 11.4. The fourth-order valence-electron chi connectivity index (χ4n) is 2.51. The summed E-state index contributed by atoms with van der Waals surface area (Å²) in [5, 5.41) is 2.79. The van der Waals surface area contributed by atoms with E-state index in [4.69, 9.17) is 0 Å². The van der Waals surface area contributed by atoms with E-state index in [0.29, 0.717) is 18.8 Å². The third kappa shape index (κ3) is 3.23. The molecule has 1 N–H and O–H groups in total. The Balaban J connectivity index is 2.17. The van der Waals surface area contributed by atoms with E-state index in [9.17, 15) is 18.0 Å². The van der Waals surface area contributed by atoms with Crippen LogP contribution in [0.3, 0.4) is 0 Å². The van der Waals surface area contributed by atoms with Crippen LogP contribution in [0.5, 0.6) is 0 Å². The molecular formula is C14H17F3N2O. The van der Waals surface area contributed by atoms with Crippen LogP contribution in [0, 0.1) is 6.92 Å². The van der Waals surface area contributed by atoms with E-state index in [1.54, 1.807) is 6.07 Å². The normalized spacial score (nSPS) is 19.2. The highest BCUT2D eigenvalue weighted by Crippen LogP contribution is 2.34. The van der Waals surface area contributed by atoms with Crippen LogP contribution in [-0.2, 0) is 11.0 Å². The van der Waals surface area contributed by atoms with E-state index in [2.05, 4.69) is 5.32 Å². The Morgan fingerprint density at radius 2 is 2.10 bits per heavy atom. The van der Waals surface area contributed by atoms with Gasteiger partial charge in [-0.3, -0.25) is 4.79 Å². The second-order valence-corrected chi connectivity index (χ2v) is 5.13. The van der Waals surface area contributed by atoms with E-state index in [1.165, 1.54) is 26.0 Å². The number of rotatable bonds is 2. The maximum atomic E-state index is 12.9. The quantitative estimate of drug-likeness (QED) is 0.906. The van der Waals surface area contributed by atoms with Gasteiger partial charge < -0.3 is 10.2 Å². The lowest BCUT2D eigenvalue weighted by Gasteiger charge is -2.21. The van der Waals surface area contributed by atoms with Gasteiger partial charge in [0.2, 0.25) is 5.91 Å². The molecular weight excluding hydrogens is 269 g/mol. The monoisotopic (exact) mass is 286 g/mol. The van der Waals surface area contributed by atoms with Crippen molar-refractivity contribution >= 4 is 11.6 Å². The van der Waals surface area contributed by atoms with E-state index in [0.717, 1.165) is 6.42 Å². The number of alkyl halides is 3. The lowest BCUT2D eigenvalue weighted by molar-refractivity contribution is -0.138.